The summed E-state index contributed by atoms with van der Waals surface area (Å²) in [6, 6.07) is 5.15. The Hall–Kier alpha value is -3.13. The van der Waals surface area contributed by atoms with Crippen LogP contribution in [0.5, 0.6) is 11.6 Å². The molecule has 0 fully saturated rings. The molecule has 1 aromatic carbocycles. The third-order valence-corrected chi connectivity index (χ3v) is 4.97. The number of alkyl halides is 3. The maximum Gasteiger partial charge on any atom is 0.417 e. The highest BCUT2D eigenvalue weighted by molar-refractivity contribution is 6.37. The van der Waals surface area contributed by atoms with Crippen molar-refractivity contribution in [1.82, 2.24) is 9.55 Å². The summed E-state index contributed by atoms with van der Waals surface area (Å²) in [5, 5.41) is 8.62. The van der Waals surface area contributed by atoms with Crippen LogP contribution in [0.25, 0.3) is 5.69 Å². The number of carbonyl (C=O) groups is 1. The van der Waals surface area contributed by atoms with Crippen LogP contribution in [-0.4, -0.2) is 22.6 Å². The van der Waals surface area contributed by atoms with Crippen LogP contribution in [0.2, 0.25) is 15.1 Å². The Morgan fingerprint density at radius 1 is 1.19 bits per heavy atom. The molecule has 0 saturated carbocycles. The van der Waals surface area contributed by atoms with E-state index < -0.39 is 22.7 Å². The van der Waals surface area contributed by atoms with E-state index in [-0.39, 0.29) is 44.3 Å². The number of esters is 1. The van der Waals surface area contributed by atoms with E-state index >= 15 is 0 Å². The van der Waals surface area contributed by atoms with Crippen LogP contribution >= 0.6 is 34.8 Å². The molecule has 32 heavy (non-hydrogen) atoms. The van der Waals surface area contributed by atoms with Crippen LogP contribution in [0.1, 0.15) is 21.6 Å². The number of nitrogens with zero attached hydrogens (tertiary/aromatic N) is 3. The molecule has 0 aliphatic rings. The highest BCUT2D eigenvalue weighted by Gasteiger charge is 2.32. The first-order valence-electron chi connectivity index (χ1n) is 8.37. The highest BCUT2D eigenvalue weighted by atomic mass is 35.5. The summed E-state index contributed by atoms with van der Waals surface area (Å²) in [7, 11) is 1.14. The second kappa shape index (κ2) is 8.78. The van der Waals surface area contributed by atoms with Crippen LogP contribution in [0.4, 0.5) is 18.9 Å². The number of ether oxygens (including phenoxy) is 2. The lowest BCUT2D eigenvalue weighted by molar-refractivity contribution is -0.137. The number of anilines is 1. The van der Waals surface area contributed by atoms with Gasteiger partial charge in [-0.1, -0.05) is 34.8 Å². The fourth-order valence-corrected chi connectivity index (χ4v) is 3.41. The summed E-state index contributed by atoms with van der Waals surface area (Å²) in [6.45, 7) is 0. The molecule has 0 aliphatic carbocycles. The van der Waals surface area contributed by atoms with Gasteiger partial charge >= 0.3 is 12.1 Å². The summed E-state index contributed by atoms with van der Waals surface area (Å²) in [6.07, 6.45) is -2.80. The number of benzene rings is 1. The number of nitrogen functional groups attached to an aromatic ring is 1. The molecule has 0 spiro atoms. The smallest absolute Gasteiger partial charge is 0.417 e. The van der Waals surface area contributed by atoms with E-state index in [2.05, 4.69) is 4.98 Å². The van der Waals surface area contributed by atoms with Crippen LogP contribution < -0.4 is 10.5 Å². The number of nitrogens with two attached hydrogens (primary N) is 1. The fourth-order valence-electron chi connectivity index (χ4n) is 2.65. The molecule has 2 aromatic heterocycles. The van der Waals surface area contributed by atoms with Crippen molar-refractivity contribution < 1.29 is 27.4 Å². The molecule has 13 heteroatoms. The third kappa shape index (κ3) is 4.41. The number of nitriles is 1. The van der Waals surface area contributed by atoms with Crippen LogP contribution in [0.3, 0.4) is 0 Å². The predicted molar refractivity (Wildman–Crippen MR) is 111 cm³/mol. The maximum atomic E-state index is 12.8. The predicted octanol–water partition coefficient (Wildman–Crippen LogP) is 5.88. The van der Waals surface area contributed by atoms with E-state index in [1.165, 1.54) is 22.9 Å². The minimum absolute atomic E-state index is 0.0127. The van der Waals surface area contributed by atoms with Crippen LogP contribution in [-0.2, 0) is 10.9 Å². The van der Waals surface area contributed by atoms with Gasteiger partial charge in [-0.25, -0.2) is 9.78 Å². The Morgan fingerprint density at radius 3 is 2.31 bits per heavy atom. The first kappa shape index (κ1) is 23.5. The molecule has 166 valence electrons. The average molecular weight is 506 g/mol. The summed E-state index contributed by atoms with van der Waals surface area (Å²) in [5.74, 6) is -1.31. The number of hydrogen-bond acceptors (Lipinski definition) is 6. The molecule has 0 aliphatic heterocycles. The number of aromatic nitrogens is 2. The summed E-state index contributed by atoms with van der Waals surface area (Å²) in [5.41, 5.74) is 4.81. The van der Waals surface area contributed by atoms with Crippen molar-refractivity contribution in [2.75, 3.05) is 12.8 Å². The zero-order chi connectivity index (χ0) is 23.8. The van der Waals surface area contributed by atoms with Crippen molar-refractivity contribution in [3.63, 3.8) is 0 Å². The molecule has 3 aromatic rings. The van der Waals surface area contributed by atoms with Gasteiger partial charge in [0.1, 0.15) is 11.1 Å². The van der Waals surface area contributed by atoms with E-state index in [0.717, 1.165) is 7.11 Å². The first-order chi connectivity index (χ1) is 15.0. The van der Waals surface area contributed by atoms with E-state index in [4.69, 9.17) is 50.0 Å². The Kier molecular flexibility index (Phi) is 6.46. The molecule has 0 atom stereocenters. The molecule has 0 amide bonds. The molecule has 0 radical (unpaired) electrons. The van der Waals surface area contributed by atoms with Gasteiger partial charge in [-0.05, 0) is 18.2 Å². The quantitative estimate of drug-likeness (QED) is 0.444. The topological polar surface area (TPSA) is 103 Å². The number of halogens is 6. The van der Waals surface area contributed by atoms with Gasteiger partial charge in [0.2, 0.25) is 5.88 Å². The number of pyridine rings is 1. The Balaban J connectivity index is 2.04. The third-order valence-electron chi connectivity index (χ3n) is 4.14. The number of rotatable bonds is 4. The van der Waals surface area contributed by atoms with E-state index in [9.17, 15) is 23.2 Å². The Bertz CT molecular complexity index is 1250. The SMILES string of the molecule is COC(=O)c1c(N)c(C#N)cn1-c1cc(Cl)c(Oc2ncc(C(F)(F)F)cc2Cl)c(Cl)c1. The normalized spacial score (nSPS) is 11.2. The molecule has 0 saturated heterocycles. The number of methoxy groups -OCH3 is 1. The van der Waals surface area contributed by atoms with Crippen molar-refractivity contribution >= 4 is 46.5 Å². The molecule has 0 unspecified atom stereocenters. The Labute approximate surface area is 193 Å². The van der Waals surface area contributed by atoms with Gasteiger partial charge in [0.05, 0.1) is 34.0 Å². The monoisotopic (exact) mass is 504 g/mol. The fraction of sp³-hybridized carbons (Fsp3) is 0.105. The molecule has 3 rings (SSSR count). The van der Waals surface area contributed by atoms with Gasteiger partial charge in [-0.3, -0.25) is 0 Å². The average Bonchev–Trinajstić information content (AvgIpc) is 3.06. The summed E-state index contributed by atoms with van der Waals surface area (Å²) in [4.78, 5) is 15.7. The molecule has 2 N–H and O–H groups in total. The van der Waals surface area contributed by atoms with Crippen molar-refractivity contribution in [1.29, 1.82) is 5.26 Å². The minimum Gasteiger partial charge on any atom is -0.464 e. The van der Waals surface area contributed by atoms with Gasteiger partial charge in [0.25, 0.3) is 0 Å². The standard InChI is InChI=1S/C19H10Cl3F3N4O3/c1-31-18(30)15-14(27)8(5-26)7-29(15)10-3-11(20)16(12(21)4-10)32-17-13(22)2-9(6-28-17)19(23,24)25/h2-4,6-7H,27H2,1H3. The summed E-state index contributed by atoms with van der Waals surface area (Å²) >= 11 is 18.4. The number of hydrogen-bond donors (Lipinski definition) is 1. The first-order valence-corrected chi connectivity index (χ1v) is 9.50. The second-order valence-electron chi connectivity index (χ2n) is 6.13. The second-order valence-corrected chi connectivity index (χ2v) is 7.35. The van der Waals surface area contributed by atoms with E-state index in [0.29, 0.717) is 12.3 Å². The zero-order valence-corrected chi connectivity index (χ0v) is 18.1. The van der Waals surface area contributed by atoms with Gasteiger partial charge in [-0.2, -0.15) is 18.4 Å². The van der Waals surface area contributed by atoms with Crippen molar-refractivity contribution in [2.24, 2.45) is 0 Å². The lowest BCUT2D eigenvalue weighted by atomic mass is 10.2. The maximum absolute atomic E-state index is 12.8. The molecule has 2 heterocycles. The summed E-state index contributed by atoms with van der Waals surface area (Å²) < 4.78 is 49.7. The number of carbonyl (C=O) groups excluding carboxylic acids is 1. The zero-order valence-electron chi connectivity index (χ0n) is 15.8. The van der Waals surface area contributed by atoms with Gasteiger partial charge in [0, 0.05) is 18.1 Å². The largest absolute Gasteiger partial charge is 0.464 e. The molecular weight excluding hydrogens is 496 g/mol. The lowest BCUT2D eigenvalue weighted by Crippen LogP contribution is -2.11. The minimum atomic E-state index is -4.63. The van der Waals surface area contributed by atoms with Crippen molar-refractivity contribution in [2.45, 2.75) is 6.18 Å². The van der Waals surface area contributed by atoms with Crippen molar-refractivity contribution in [3.05, 3.63) is 62.5 Å². The van der Waals surface area contributed by atoms with Gasteiger partial charge < -0.3 is 19.8 Å². The lowest BCUT2D eigenvalue weighted by Gasteiger charge is -2.14. The van der Waals surface area contributed by atoms with Crippen LogP contribution in [0.15, 0.2) is 30.6 Å². The Morgan fingerprint density at radius 2 is 1.81 bits per heavy atom. The molecule has 7 nitrogen and oxygen atoms in total. The van der Waals surface area contributed by atoms with Crippen LogP contribution in [0, 0.1) is 11.3 Å². The highest BCUT2D eigenvalue weighted by Crippen LogP contribution is 2.41. The van der Waals surface area contributed by atoms with Gasteiger partial charge in [0.15, 0.2) is 11.4 Å². The van der Waals surface area contributed by atoms with Crippen molar-refractivity contribution in [3.8, 4) is 23.4 Å². The van der Waals surface area contributed by atoms with E-state index in [1.807, 2.05) is 6.07 Å². The van der Waals surface area contributed by atoms with Gasteiger partial charge in [-0.15, -0.1) is 0 Å². The molecule has 0 bridgehead atoms. The molecular formula is C19H10Cl3F3N4O3. The van der Waals surface area contributed by atoms with E-state index in [1.54, 1.807) is 0 Å².